The Morgan fingerprint density at radius 1 is 1.21 bits per heavy atom. The summed E-state index contributed by atoms with van der Waals surface area (Å²) in [6.07, 6.45) is 10.5. The maximum absolute atomic E-state index is 11.6. The molecule has 1 heterocycles. The molecule has 1 aromatic carbocycles. The van der Waals surface area contributed by atoms with Crippen molar-refractivity contribution in [3.63, 3.8) is 0 Å². The Balaban J connectivity index is 1.42. The number of fused-ring (bicyclic) bond motifs is 1. The van der Waals surface area contributed by atoms with Crippen LogP contribution in [-0.2, 0) is 14.3 Å². The zero-order chi connectivity index (χ0) is 24.3. The van der Waals surface area contributed by atoms with Crippen molar-refractivity contribution in [2.24, 2.45) is 11.8 Å². The second kappa shape index (κ2) is 13.7. The standard InChI is InChI=1S/C28H40O6/c1-20(2)34-28(31)12-8-3-5-9-21-13-15-25-24(26(30)17-27(25)33-18-21)16-14-22(29)19-32-23-10-6-4-7-11-23/h4,6-7,10-11,13-14,16,20,22,24-27,29-30H,3,5,8-9,12,15,17-19H2,1-2H3/b16-14+/t22?,24-,25-,26-,27+/m1/s1. The minimum Gasteiger partial charge on any atom is -0.491 e. The summed E-state index contributed by atoms with van der Waals surface area (Å²) in [5.41, 5.74) is 1.30. The van der Waals surface area contributed by atoms with E-state index in [0.29, 0.717) is 19.4 Å². The molecule has 1 aromatic rings. The highest BCUT2D eigenvalue weighted by Gasteiger charge is 2.42. The average molecular weight is 473 g/mol. The van der Waals surface area contributed by atoms with Crippen molar-refractivity contribution < 1.29 is 29.2 Å². The van der Waals surface area contributed by atoms with E-state index in [1.807, 2.05) is 50.3 Å². The van der Waals surface area contributed by atoms with Gasteiger partial charge in [-0.1, -0.05) is 42.8 Å². The number of allylic oxidation sites excluding steroid dienone is 1. The van der Waals surface area contributed by atoms with E-state index in [2.05, 4.69) is 6.08 Å². The van der Waals surface area contributed by atoms with Crippen molar-refractivity contribution in [3.05, 3.63) is 54.1 Å². The summed E-state index contributed by atoms with van der Waals surface area (Å²) in [7, 11) is 0. The molecule has 1 aliphatic heterocycles. The van der Waals surface area contributed by atoms with Gasteiger partial charge in [0.15, 0.2) is 0 Å². The van der Waals surface area contributed by atoms with Crippen molar-refractivity contribution in [3.8, 4) is 5.75 Å². The molecule has 0 radical (unpaired) electrons. The highest BCUT2D eigenvalue weighted by molar-refractivity contribution is 5.69. The molecule has 1 fully saturated rings. The first-order chi connectivity index (χ1) is 16.4. The minimum atomic E-state index is -0.734. The van der Waals surface area contributed by atoms with Crippen molar-refractivity contribution in [2.75, 3.05) is 13.2 Å². The predicted octanol–water partition coefficient (Wildman–Crippen LogP) is 4.60. The lowest BCUT2D eigenvalue weighted by Crippen LogP contribution is -2.22. The Morgan fingerprint density at radius 2 is 2.00 bits per heavy atom. The topological polar surface area (TPSA) is 85.2 Å². The van der Waals surface area contributed by atoms with Crippen LogP contribution in [0.15, 0.2) is 54.1 Å². The van der Waals surface area contributed by atoms with Crippen LogP contribution in [0.25, 0.3) is 0 Å². The Kier molecular flexibility index (Phi) is 10.6. The van der Waals surface area contributed by atoms with Crippen LogP contribution in [0, 0.1) is 11.8 Å². The number of para-hydroxylation sites is 1. The molecule has 2 N–H and O–H groups in total. The molecular formula is C28H40O6. The largest absolute Gasteiger partial charge is 0.491 e. The summed E-state index contributed by atoms with van der Waals surface area (Å²) in [5, 5.41) is 20.9. The minimum absolute atomic E-state index is 0.0296. The number of carbonyl (C=O) groups is 1. The number of esters is 1. The highest BCUT2D eigenvalue weighted by Crippen LogP contribution is 2.40. The number of hydrogen-bond donors (Lipinski definition) is 2. The van der Waals surface area contributed by atoms with Crippen LogP contribution in [0.4, 0.5) is 0 Å². The second-order valence-corrected chi connectivity index (χ2v) is 9.67. The van der Waals surface area contributed by atoms with Crippen LogP contribution in [0.1, 0.15) is 58.8 Å². The first kappa shape index (κ1) is 26.5. The second-order valence-electron chi connectivity index (χ2n) is 9.67. The fraction of sp³-hybridized carbons (Fsp3) is 0.607. The number of hydrogen-bond acceptors (Lipinski definition) is 6. The van der Waals surface area contributed by atoms with Crippen LogP contribution >= 0.6 is 0 Å². The lowest BCUT2D eigenvalue weighted by atomic mass is 9.89. The molecule has 1 saturated carbocycles. The first-order valence-corrected chi connectivity index (χ1v) is 12.6. The molecule has 0 saturated heterocycles. The molecule has 6 heteroatoms. The van der Waals surface area contributed by atoms with Crippen molar-refractivity contribution in [1.29, 1.82) is 0 Å². The summed E-state index contributed by atoms with van der Waals surface area (Å²) >= 11 is 0. The lowest BCUT2D eigenvalue weighted by molar-refractivity contribution is -0.147. The van der Waals surface area contributed by atoms with Gasteiger partial charge in [-0.05, 0) is 63.2 Å². The van der Waals surface area contributed by atoms with Crippen LogP contribution in [0.5, 0.6) is 5.75 Å². The normalized spacial score (nSPS) is 25.6. The monoisotopic (exact) mass is 472 g/mol. The molecule has 1 unspecified atom stereocenters. The number of aliphatic hydroxyl groups excluding tert-OH is 2. The van der Waals surface area contributed by atoms with Crippen molar-refractivity contribution in [2.45, 2.75) is 83.2 Å². The van der Waals surface area contributed by atoms with E-state index in [4.69, 9.17) is 14.2 Å². The van der Waals surface area contributed by atoms with Crippen molar-refractivity contribution in [1.82, 2.24) is 0 Å². The lowest BCUT2D eigenvalue weighted by Gasteiger charge is -2.20. The van der Waals surface area contributed by atoms with Crippen LogP contribution in [0.2, 0.25) is 0 Å². The van der Waals surface area contributed by atoms with Gasteiger partial charge in [-0.2, -0.15) is 0 Å². The van der Waals surface area contributed by atoms with Crippen LogP contribution < -0.4 is 4.74 Å². The van der Waals surface area contributed by atoms with E-state index in [-0.39, 0.29) is 36.6 Å². The summed E-state index contributed by atoms with van der Waals surface area (Å²) in [4.78, 5) is 11.6. The van der Waals surface area contributed by atoms with Gasteiger partial charge in [-0.3, -0.25) is 4.79 Å². The molecule has 0 bridgehead atoms. The number of benzene rings is 1. The zero-order valence-corrected chi connectivity index (χ0v) is 20.5. The highest BCUT2D eigenvalue weighted by atomic mass is 16.5. The third-order valence-corrected chi connectivity index (χ3v) is 6.52. The molecule has 0 aromatic heterocycles. The Bertz CT molecular complexity index is 802. The summed E-state index contributed by atoms with van der Waals surface area (Å²) in [6, 6.07) is 9.42. The number of rotatable bonds is 12. The maximum Gasteiger partial charge on any atom is 0.306 e. The van der Waals surface area contributed by atoms with Crippen LogP contribution in [-0.4, -0.2) is 53.8 Å². The van der Waals surface area contributed by atoms with E-state index in [9.17, 15) is 15.0 Å². The molecule has 3 rings (SSSR count). The molecule has 5 atom stereocenters. The Morgan fingerprint density at radius 3 is 2.76 bits per heavy atom. The van der Waals surface area contributed by atoms with Gasteiger partial charge in [-0.15, -0.1) is 0 Å². The Hall–Kier alpha value is -2.15. The molecule has 188 valence electrons. The molecule has 0 amide bonds. The third-order valence-electron chi connectivity index (χ3n) is 6.52. The van der Waals surface area contributed by atoms with E-state index >= 15 is 0 Å². The summed E-state index contributed by atoms with van der Waals surface area (Å²) < 4.78 is 17.0. The molecule has 0 spiro atoms. The smallest absolute Gasteiger partial charge is 0.306 e. The fourth-order valence-electron chi connectivity index (χ4n) is 4.76. The van der Waals surface area contributed by atoms with Gasteiger partial charge >= 0.3 is 5.97 Å². The van der Waals surface area contributed by atoms with E-state index < -0.39 is 12.2 Å². The Labute approximate surface area is 203 Å². The maximum atomic E-state index is 11.6. The van der Waals surface area contributed by atoms with Gasteiger partial charge in [0.1, 0.15) is 18.5 Å². The molecule has 34 heavy (non-hydrogen) atoms. The predicted molar refractivity (Wildman–Crippen MR) is 131 cm³/mol. The van der Waals surface area contributed by atoms with Gasteiger partial charge in [0, 0.05) is 18.8 Å². The number of carbonyl (C=O) groups excluding carboxylic acids is 1. The van der Waals surface area contributed by atoms with Gasteiger partial charge in [0.25, 0.3) is 0 Å². The quantitative estimate of drug-likeness (QED) is 0.263. The zero-order valence-electron chi connectivity index (χ0n) is 20.5. The number of ether oxygens (including phenoxy) is 3. The summed E-state index contributed by atoms with van der Waals surface area (Å²) in [6.45, 7) is 4.52. The average Bonchev–Trinajstić information content (AvgIpc) is 2.97. The molecular weight excluding hydrogens is 432 g/mol. The van der Waals surface area contributed by atoms with Gasteiger partial charge in [-0.25, -0.2) is 0 Å². The van der Waals surface area contributed by atoms with E-state index in [1.54, 1.807) is 6.08 Å². The van der Waals surface area contributed by atoms with Gasteiger partial charge < -0.3 is 24.4 Å². The molecule has 1 aliphatic carbocycles. The third kappa shape index (κ3) is 8.57. The van der Waals surface area contributed by atoms with Crippen LogP contribution in [0.3, 0.4) is 0 Å². The van der Waals surface area contributed by atoms with E-state index in [1.165, 1.54) is 5.57 Å². The van der Waals surface area contributed by atoms with Crippen molar-refractivity contribution >= 4 is 5.97 Å². The fourth-order valence-corrected chi connectivity index (χ4v) is 4.76. The van der Waals surface area contributed by atoms with E-state index in [0.717, 1.165) is 37.9 Å². The number of unbranched alkanes of at least 4 members (excludes halogenated alkanes) is 2. The SMILES string of the molecule is CC(C)OC(=O)CCCCCC1=CC[C@@H]2[C@@H](/C=C/C(O)COc3ccccc3)[C@H](O)C[C@@H]2OC1. The van der Waals surface area contributed by atoms with Gasteiger partial charge in [0.05, 0.1) is 24.9 Å². The van der Waals surface area contributed by atoms with Gasteiger partial charge in [0.2, 0.25) is 0 Å². The number of aliphatic hydroxyl groups is 2. The molecule has 6 nitrogen and oxygen atoms in total. The molecule has 2 aliphatic rings. The first-order valence-electron chi connectivity index (χ1n) is 12.6. The summed E-state index contributed by atoms with van der Waals surface area (Å²) in [5.74, 6) is 0.770.